The topological polar surface area (TPSA) is 113 Å². The molecule has 0 saturated carbocycles. The van der Waals surface area contributed by atoms with Gasteiger partial charge in [0.15, 0.2) is 0 Å². The van der Waals surface area contributed by atoms with Gasteiger partial charge in [-0.2, -0.15) is 4.39 Å². The van der Waals surface area contributed by atoms with Gasteiger partial charge in [-0.3, -0.25) is 24.9 Å². The molecule has 0 radical (unpaired) electrons. The van der Waals surface area contributed by atoms with Crippen molar-refractivity contribution in [2.45, 2.75) is 0 Å². The lowest BCUT2D eigenvalue weighted by Crippen LogP contribution is -2.24. The van der Waals surface area contributed by atoms with Crippen LogP contribution in [0.2, 0.25) is 0 Å². The Labute approximate surface area is 138 Å². The van der Waals surface area contributed by atoms with Crippen LogP contribution in [0, 0.1) is 10.1 Å². The Balaban J connectivity index is 1.88. The fraction of sp³-hybridized carbons (Fsp3) is 0. The number of hydroxylamine groups is 2. The average molecular weight is 349 g/mol. The van der Waals surface area contributed by atoms with Crippen LogP contribution in [0.3, 0.4) is 0 Å². The minimum absolute atomic E-state index is 0.183. The van der Waals surface area contributed by atoms with Gasteiger partial charge in [0.1, 0.15) is 0 Å². The molecule has 2 heterocycles. The van der Waals surface area contributed by atoms with Crippen LogP contribution < -0.4 is 5.32 Å². The molecule has 0 aromatic carbocycles. The standard InChI is InChI=1S/C14H8FN3O5S/c15-12-5-7(1-2-17(12)21)14-16-9(6-24-14)8-3-10(18(22)23)13(20)11(19)4-8/h1-6,16,21H/b14-7-. The van der Waals surface area contributed by atoms with E-state index in [0.29, 0.717) is 21.4 Å². The molecule has 2 aliphatic heterocycles. The van der Waals surface area contributed by atoms with Crippen LogP contribution in [0.25, 0.3) is 0 Å². The summed E-state index contributed by atoms with van der Waals surface area (Å²) < 4.78 is 13.4. The van der Waals surface area contributed by atoms with Gasteiger partial charge in [-0.1, -0.05) is 11.8 Å². The van der Waals surface area contributed by atoms with Crippen molar-refractivity contribution in [2.75, 3.05) is 0 Å². The highest BCUT2D eigenvalue weighted by atomic mass is 32.2. The summed E-state index contributed by atoms with van der Waals surface area (Å²) in [4.78, 5) is 33.0. The molecule has 0 aromatic rings. The number of halogens is 1. The van der Waals surface area contributed by atoms with Gasteiger partial charge in [0.2, 0.25) is 11.7 Å². The van der Waals surface area contributed by atoms with Gasteiger partial charge in [-0.25, -0.2) is 5.06 Å². The van der Waals surface area contributed by atoms with Crippen LogP contribution in [-0.2, 0) is 9.59 Å². The number of carbonyl (C=O) groups is 2. The third-order valence-electron chi connectivity index (χ3n) is 3.24. The number of nitrogens with one attached hydrogen (secondary N) is 1. The zero-order valence-corrected chi connectivity index (χ0v) is 12.5. The second-order valence-electron chi connectivity index (χ2n) is 4.77. The zero-order valence-electron chi connectivity index (χ0n) is 11.7. The Morgan fingerprint density at radius 2 is 2.04 bits per heavy atom. The second kappa shape index (κ2) is 5.91. The SMILES string of the molecule is O=C1C=C(C2=CS/C(=C3/C=CN(O)C(F)=C3)N2)C=C([N+](=O)[O-])C1=O. The molecule has 0 saturated heterocycles. The maximum absolute atomic E-state index is 13.4. The molecular weight excluding hydrogens is 341 g/mol. The highest BCUT2D eigenvalue weighted by Crippen LogP contribution is 2.34. The van der Waals surface area contributed by atoms with Crippen molar-refractivity contribution >= 4 is 23.3 Å². The molecular formula is C14H8FN3O5S. The van der Waals surface area contributed by atoms with Crippen LogP contribution in [0.15, 0.2) is 69.4 Å². The molecule has 8 nitrogen and oxygen atoms in total. The zero-order chi connectivity index (χ0) is 17.4. The van der Waals surface area contributed by atoms with Crippen LogP contribution in [-0.4, -0.2) is 26.8 Å². The molecule has 1 aliphatic carbocycles. The number of ketones is 2. The van der Waals surface area contributed by atoms with E-state index in [4.69, 9.17) is 5.21 Å². The van der Waals surface area contributed by atoms with Crippen LogP contribution in [0.5, 0.6) is 0 Å². The van der Waals surface area contributed by atoms with E-state index in [1.165, 1.54) is 17.8 Å². The first kappa shape index (κ1) is 15.9. The fourth-order valence-electron chi connectivity index (χ4n) is 2.06. The lowest BCUT2D eigenvalue weighted by molar-refractivity contribution is -0.418. The Kier molecular flexibility index (Phi) is 3.91. The molecule has 0 atom stereocenters. The summed E-state index contributed by atoms with van der Waals surface area (Å²) in [6.45, 7) is 0. The molecule has 0 unspecified atom stereocenters. The third-order valence-corrected chi connectivity index (χ3v) is 4.16. The summed E-state index contributed by atoms with van der Waals surface area (Å²) in [6, 6.07) is 0. The number of rotatable bonds is 2. The van der Waals surface area contributed by atoms with E-state index in [2.05, 4.69) is 5.32 Å². The minimum atomic E-state index is -1.17. The third kappa shape index (κ3) is 2.79. The maximum Gasteiger partial charge on any atom is 0.321 e. The number of allylic oxidation sites excluding steroid dienone is 6. The van der Waals surface area contributed by atoms with E-state index < -0.39 is 28.1 Å². The molecule has 122 valence electrons. The Morgan fingerprint density at radius 1 is 1.29 bits per heavy atom. The number of hydrogen-bond donors (Lipinski definition) is 2. The van der Waals surface area contributed by atoms with E-state index in [9.17, 15) is 24.1 Å². The summed E-state index contributed by atoms with van der Waals surface area (Å²) >= 11 is 1.17. The van der Waals surface area contributed by atoms with E-state index in [-0.39, 0.29) is 5.57 Å². The molecule has 3 rings (SSSR count). The lowest BCUT2D eigenvalue weighted by Gasteiger charge is -2.15. The van der Waals surface area contributed by atoms with Gasteiger partial charge in [0.05, 0.1) is 15.6 Å². The summed E-state index contributed by atoms with van der Waals surface area (Å²) in [6.07, 6.45) is 5.68. The first-order valence-corrected chi connectivity index (χ1v) is 7.33. The van der Waals surface area contributed by atoms with Crippen molar-refractivity contribution in [1.82, 2.24) is 10.4 Å². The quantitative estimate of drug-likeness (QED) is 0.254. The maximum atomic E-state index is 13.4. The molecule has 3 aliphatic rings. The van der Waals surface area contributed by atoms with Crippen molar-refractivity contribution in [3.8, 4) is 0 Å². The van der Waals surface area contributed by atoms with Crippen LogP contribution in [0.1, 0.15) is 0 Å². The molecule has 0 amide bonds. The summed E-state index contributed by atoms with van der Waals surface area (Å²) in [5.74, 6) is -3.02. The lowest BCUT2D eigenvalue weighted by atomic mass is 10.0. The highest BCUT2D eigenvalue weighted by Gasteiger charge is 2.33. The number of hydrogen-bond acceptors (Lipinski definition) is 8. The number of carbonyl (C=O) groups excluding carboxylic acids is 2. The number of thioether (sulfide) groups is 1. The molecule has 0 bridgehead atoms. The summed E-state index contributed by atoms with van der Waals surface area (Å²) in [5, 5.41) is 25.3. The highest BCUT2D eigenvalue weighted by molar-refractivity contribution is 8.06. The van der Waals surface area contributed by atoms with Crippen LogP contribution >= 0.6 is 11.8 Å². The van der Waals surface area contributed by atoms with Gasteiger partial charge in [0.25, 0.3) is 0 Å². The molecule has 0 fully saturated rings. The normalized spacial score (nSPS) is 23.5. The van der Waals surface area contributed by atoms with Crippen molar-refractivity contribution in [1.29, 1.82) is 0 Å². The summed E-state index contributed by atoms with van der Waals surface area (Å²) in [7, 11) is 0. The average Bonchev–Trinajstić information content (AvgIpc) is 3.02. The van der Waals surface area contributed by atoms with E-state index in [0.717, 1.165) is 24.4 Å². The van der Waals surface area contributed by atoms with Gasteiger partial charge in [-0.05, 0) is 12.2 Å². The molecule has 24 heavy (non-hydrogen) atoms. The summed E-state index contributed by atoms with van der Waals surface area (Å²) in [5.41, 5.74) is 0.191. The Morgan fingerprint density at radius 3 is 2.71 bits per heavy atom. The molecule has 0 aromatic heterocycles. The smallest absolute Gasteiger partial charge is 0.321 e. The van der Waals surface area contributed by atoms with E-state index >= 15 is 0 Å². The van der Waals surface area contributed by atoms with Gasteiger partial charge in [-0.15, -0.1) is 0 Å². The first-order chi connectivity index (χ1) is 11.4. The minimum Gasteiger partial charge on any atom is -0.349 e. The number of nitro groups is 1. The first-order valence-electron chi connectivity index (χ1n) is 6.45. The predicted octanol–water partition coefficient (Wildman–Crippen LogP) is 1.64. The molecule has 0 spiro atoms. The second-order valence-corrected chi connectivity index (χ2v) is 5.65. The van der Waals surface area contributed by atoms with Gasteiger partial charge >= 0.3 is 11.5 Å². The predicted molar refractivity (Wildman–Crippen MR) is 81.0 cm³/mol. The van der Waals surface area contributed by atoms with Crippen LogP contribution in [0.4, 0.5) is 4.39 Å². The van der Waals surface area contributed by atoms with Gasteiger partial charge in [0, 0.05) is 34.9 Å². The Bertz CT molecular complexity index is 866. The fourth-order valence-corrected chi connectivity index (χ4v) is 2.93. The number of Topliss-reactive ketones (excluding diaryl/α,β-unsaturated/α-hetero) is 1. The number of nitrogens with zero attached hydrogens (tertiary/aromatic N) is 2. The van der Waals surface area contributed by atoms with E-state index in [1.807, 2.05) is 0 Å². The molecule has 10 heteroatoms. The van der Waals surface area contributed by atoms with Crippen molar-refractivity contribution in [3.05, 3.63) is 79.5 Å². The van der Waals surface area contributed by atoms with Gasteiger partial charge < -0.3 is 5.32 Å². The largest absolute Gasteiger partial charge is 0.349 e. The van der Waals surface area contributed by atoms with Crippen molar-refractivity contribution in [2.24, 2.45) is 0 Å². The Hall–Kier alpha value is -2.98. The molecule has 2 N–H and O–H groups in total. The van der Waals surface area contributed by atoms with Crippen molar-refractivity contribution in [3.63, 3.8) is 0 Å². The van der Waals surface area contributed by atoms with Crippen molar-refractivity contribution < 1.29 is 24.1 Å². The monoisotopic (exact) mass is 349 g/mol. The van der Waals surface area contributed by atoms with E-state index in [1.54, 1.807) is 5.41 Å².